The van der Waals surface area contributed by atoms with Crippen molar-refractivity contribution >= 4 is 17.7 Å². The van der Waals surface area contributed by atoms with E-state index in [0.717, 1.165) is 18.6 Å². The van der Waals surface area contributed by atoms with Gasteiger partial charge in [-0.3, -0.25) is 10.1 Å². The van der Waals surface area contributed by atoms with Gasteiger partial charge >= 0.3 is 0 Å². The van der Waals surface area contributed by atoms with E-state index in [0.29, 0.717) is 17.9 Å². The minimum absolute atomic E-state index is 0.0356. The van der Waals surface area contributed by atoms with Gasteiger partial charge in [-0.15, -0.1) is 0 Å². The van der Waals surface area contributed by atoms with E-state index < -0.39 is 0 Å². The van der Waals surface area contributed by atoms with Crippen molar-refractivity contribution in [2.75, 3.05) is 11.5 Å². The van der Waals surface area contributed by atoms with Gasteiger partial charge in [0, 0.05) is 11.8 Å². The van der Waals surface area contributed by atoms with Gasteiger partial charge < -0.3 is 4.90 Å². The maximum Gasteiger partial charge on any atom is 0.241 e. The zero-order valence-electron chi connectivity index (χ0n) is 11.8. The van der Waals surface area contributed by atoms with E-state index in [2.05, 4.69) is 31.0 Å². The average molecular weight is 270 g/mol. The van der Waals surface area contributed by atoms with Crippen LogP contribution in [0.15, 0.2) is 0 Å². The summed E-state index contributed by atoms with van der Waals surface area (Å²) >= 11 is 2.00. The average Bonchev–Trinajstić information content (AvgIpc) is 2.68. The molecule has 4 heteroatoms. The predicted molar refractivity (Wildman–Crippen MR) is 77.7 cm³/mol. The van der Waals surface area contributed by atoms with Crippen LogP contribution in [0.5, 0.6) is 0 Å². The molecule has 0 saturated carbocycles. The first-order valence-electron chi connectivity index (χ1n) is 7.31. The first-order valence-corrected chi connectivity index (χ1v) is 8.46. The number of nitrogens with zero attached hydrogens (tertiary/aromatic N) is 1. The van der Waals surface area contributed by atoms with Crippen LogP contribution in [0.4, 0.5) is 0 Å². The van der Waals surface area contributed by atoms with Gasteiger partial charge in [-0.2, -0.15) is 11.8 Å². The lowest BCUT2D eigenvalue weighted by Crippen LogP contribution is -2.46. The molecule has 0 aromatic rings. The van der Waals surface area contributed by atoms with Crippen LogP contribution >= 0.6 is 11.8 Å². The second-order valence-electron chi connectivity index (χ2n) is 5.81. The van der Waals surface area contributed by atoms with Crippen LogP contribution in [0.2, 0.25) is 0 Å². The third kappa shape index (κ3) is 2.85. The Kier molecular flexibility index (Phi) is 4.96. The highest BCUT2D eigenvalue weighted by Crippen LogP contribution is 2.29. The molecule has 2 rings (SSSR count). The largest absolute Gasteiger partial charge is 0.322 e. The Morgan fingerprint density at radius 1 is 1.50 bits per heavy atom. The lowest BCUT2D eigenvalue weighted by Gasteiger charge is -2.35. The molecule has 2 heterocycles. The van der Waals surface area contributed by atoms with Crippen molar-refractivity contribution in [3.05, 3.63) is 0 Å². The molecule has 0 aliphatic carbocycles. The minimum Gasteiger partial charge on any atom is -0.322 e. The van der Waals surface area contributed by atoms with Gasteiger partial charge in [0.2, 0.25) is 5.91 Å². The Balaban J connectivity index is 2.10. The molecule has 2 saturated heterocycles. The lowest BCUT2D eigenvalue weighted by atomic mass is 10.0. The molecular weight excluding hydrogens is 244 g/mol. The first kappa shape index (κ1) is 14.2. The van der Waals surface area contributed by atoms with Crippen molar-refractivity contribution in [3.63, 3.8) is 0 Å². The molecule has 2 aliphatic heterocycles. The van der Waals surface area contributed by atoms with Crippen LogP contribution in [-0.4, -0.2) is 40.6 Å². The summed E-state index contributed by atoms with van der Waals surface area (Å²) in [7, 11) is 0. The molecule has 2 aliphatic rings. The maximum absolute atomic E-state index is 12.6. The number of nitrogens with one attached hydrogen (secondary N) is 1. The topological polar surface area (TPSA) is 32.3 Å². The molecule has 104 valence electrons. The molecule has 3 nitrogen and oxygen atoms in total. The van der Waals surface area contributed by atoms with Crippen molar-refractivity contribution in [2.45, 2.75) is 64.7 Å². The molecule has 3 atom stereocenters. The lowest BCUT2D eigenvalue weighted by molar-refractivity contribution is -0.132. The van der Waals surface area contributed by atoms with Gasteiger partial charge in [0.1, 0.15) is 0 Å². The summed E-state index contributed by atoms with van der Waals surface area (Å²) in [6.45, 7) is 6.47. The molecule has 2 fully saturated rings. The van der Waals surface area contributed by atoms with Crippen molar-refractivity contribution < 1.29 is 4.79 Å². The standard InChI is InChI=1S/C14H26N2OS/c1-4-6-12-15-13(10(2)3)14(17)16(12)11-7-5-8-18-9-11/h10-13,15H,4-9H2,1-3H3. The number of hydrogen-bond acceptors (Lipinski definition) is 3. The van der Waals surface area contributed by atoms with E-state index in [9.17, 15) is 4.79 Å². The number of amides is 1. The molecule has 0 radical (unpaired) electrons. The summed E-state index contributed by atoms with van der Waals surface area (Å²) in [6, 6.07) is 0.498. The normalized spacial score (nSPS) is 33.4. The van der Waals surface area contributed by atoms with Crippen LogP contribution in [0.1, 0.15) is 46.5 Å². The van der Waals surface area contributed by atoms with Crippen LogP contribution in [0.3, 0.4) is 0 Å². The van der Waals surface area contributed by atoms with Crippen molar-refractivity contribution in [1.29, 1.82) is 0 Å². The first-order chi connectivity index (χ1) is 8.65. The van der Waals surface area contributed by atoms with E-state index in [-0.39, 0.29) is 12.2 Å². The molecular formula is C14H26N2OS. The van der Waals surface area contributed by atoms with E-state index in [1.54, 1.807) is 0 Å². The highest BCUT2D eigenvalue weighted by Gasteiger charge is 2.43. The monoisotopic (exact) mass is 270 g/mol. The Hall–Kier alpha value is -0.220. The van der Waals surface area contributed by atoms with Crippen molar-refractivity contribution in [2.24, 2.45) is 5.92 Å². The SMILES string of the molecule is CCCC1NC(C(C)C)C(=O)N1C1CCCSC1. The third-order valence-electron chi connectivity index (χ3n) is 3.99. The van der Waals surface area contributed by atoms with E-state index in [1.165, 1.54) is 18.6 Å². The van der Waals surface area contributed by atoms with E-state index in [4.69, 9.17) is 0 Å². The zero-order valence-corrected chi connectivity index (χ0v) is 12.6. The summed E-state index contributed by atoms with van der Waals surface area (Å²) in [5, 5.41) is 3.56. The highest BCUT2D eigenvalue weighted by atomic mass is 32.2. The summed E-state index contributed by atoms with van der Waals surface area (Å²) in [6.07, 6.45) is 4.93. The fourth-order valence-electron chi connectivity index (χ4n) is 3.02. The van der Waals surface area contributed by atoms with Gasteiger partial charge in [0.15, 0.2) is 0 Å². The van der Waals surface area contributed by atoms with Crippen LogP contribution < -0.4 is 5.32 Å². The fourth-order valence-corrected chi connectivity index (χ4v) is 4.16. The third-order valence-corrected chi connectivity index (χ3v) is 5.18. The molecule has 3 unspecified atom stereocenters. The Labute approximate surface area is 115 Å². The summed E-state index contributed by atoms with van der Waals surface area (Å²) in [5.74, 6) is 3.12. The second kappa shape index (κ2) is 6.29. The van der Waals surface area contributed by atoms with E-state index >= 15 is 0 Å². The van der Waals surface area contributed by atoms with Crippen molar-refractivity contribution in [1.82, 2.24) is 10.2 Å². The highest BCUT2D eigenvalue weighted by molar-refractivity contribution is 7.99. The molecule has 0 aromatic heterocycles. The number of rotatable bonds is 4. The summed E-state index contributed by atoms with van der Waals surface area (Å²) in [4.78, 5) is 14.8. The molecule has 0 spiro atoms. The van der Waals surface area contributed by atoms with Crippen LogP contribution in [0.25, 0.3) is 0 Å². The summed E-state index contributed by atoms with van der Waals surface area (Å²) < 4.78 is 0. The Morgan fingerprint density at radius 3 is 2.83 bits per heavy atom. The van der Waals surface area contributed by atoms with Gasteiger partial charge in [-0.25, -0.2) is 0 Å². The Bertz CT molecular complexity index is 290. The number of thioether (sulfide) groups is 1. The van der Waals surface area contributed by atoms with E-state index in [1.807, 2.05) is 11.8 Å². The number of carbonyl (C=O) groups excluding carboxylic acids is 1. The van der Waals surface area contributed by atoms with Crippen LogP contribution in [0, 0.1) is 5.92 Å². The summed E-state index contributed by atoms with van der Waals surface area (Å²) in [5.41, 5.74) is 0. The molecule has 1 N–H and O–H groups in total. The molecule has 0 aromatic carbocycles. The quantitative estimate of drug-likeness (QED) is 0.852. The minimum atomic E-state index is 0.0356. The molecule has 1 amide bonds. The zero-order chi connectivity index (χ0) is 13.1. The smallest absolute Gasteiger partial charge is 0.241 e. The fraction of sp³-hybridized carbons (Fsp3) is 0.929. The number of carbonyl (C=O) groups is 1. The van der Waals surface area contributed by atoms with Gasteiger partial charge in [0.05, 0.1) is 12.2 Å². The van der Waals surface area contributed by atoms with Gasteiger partial charge in [0.25, 0.3) is 0 Å². The predicted octanol–water partition coefficient (Wildman–Crippen LogP) is 2.46. The van der Waals surface area contributed by atoms with Gasteiger partial charge in [-0.1, -0.05) is 27.2 Å². The number of hydrogen-bond donors (Lipinski definition) is 1. The van der Waals surface area contributed by atoms with Gasteiger partial charge in [-0.05, 0) is 30.9 Å². The van der Waals surface area contributed by atoms with Crippen molar-refractivity contribution in [3.8, 4) is 0 Å². The second-order valence-corrected chi connectivity index (χ2v) is 6.96. The molecule has 0 bridgehead atoms. The maximum atomic E-state index is 12.6. The Morgan fingerprint density at radius 2 is 2.28 bits per heavy atom. The van der Waals surface area contributed by atoms with Crippen LogP contribution in [-0.2, 0) is 4.79 Å². The molecule has 18 heavy (non-hydrogen) atoms.